The van der Waals surface area contributed by atoms with E-state index in [1.165, 1.54) is 7.05 Å². The van der Waals surface area contributed by atoms with Crippen LogP contribution < -0.4 is 0 Å². The molecule has 0 saturated carbocycles. The minimum absolute atomic E-state index is 0.473. The molecule has 1 atom stereocenters. The highest BCUT2D eigenvalue weighted by molar-refractivity contribution is 9.10. The van der Waals surface area contributed by atoms with Crippen LogP contribution in [0.1, 0.15) is 0 Å². The first kappa shape index (κ1) is 11.0. The minimum atomic E-state index is -2.34. The SMILES string of the molecule is CN=S(C)(=O)c1cccc(Br)c1Cl. The molecule has 0 bridgehead atoms. The van der Waals surface area contributed by atoms with Crippen LogP contribution in [0.4, 0.5) is 0 Å². The molecule has 0 heterocycles. The number of hydrogen-bond acceptors (Lipinski definition) is 2. The maximum absolute atomic E-state index is 11.9. The van der Waals surface area contributed by atoms with Gasteiger partial charge in [0.05, 0.1) is 19.6 Å². The highest BCUT2D eigenvalue weighted by Crippen LogP contribution is 2.29. The van der Waals surface area contributed by atoms with Crippen LogP contribution >= 0.6 is 27.5 Å². The summed E-state index contributed by atoms with van der Waals surface area (Å²) in [6.45, 7) is 0. The summed E-state index contributed by atoms with van der Waals surface area (Å²) in [6.07, 6.45) is 1.57. The predicted octanol–water partition coefficient (Wildman–Crippen LogP) is 3.19. The van der Waals surface area contributed by atoms with Crippen molar-refractivity contribution in [2.24, 2.45) is 4.36 Å². The van der Waals surface area contributed by atoms with Gasteiger partial charge in [0.1, 0.15) is 0 Å². The number of halogens is 2. The van der Waals surface area contributed by atoms with Gasteiger partial charge in [-0.2, -0.15) is 0 Å². The van der Waals surface area contributed by atoms with Gasteiger partial charge >= 0.3 is 0 Å². The molecule has 0 amide bonds. The maximum Gasteiger partial charge on any atom is 0.0735 e. The lowest BCUT2D eigenvalue weighted by Crippen LogP contribution is -1.98. The fourth-order valence-corrected chi connectivity index (χ4v) is 2.90. The Hall–Kier alpha value is -0.0600. The van der Waals surface area contributed by atoms with Crippen LogP contribution in [0.15, 0.2) is 31.9 Å². The first-order valence-electron chi connectivity index (χ1n) is 3.53. The summed E-state index contributed by atoms with van der Waals surface area (Å²) in [4.78, 5) is 0.575. The molecule has 1 aromatic carbocycles. The van der Waals surface area contributed by atoms with Crippen molar-refractivity contribution < 1.29 is 4.21 Å². The molecule has 1 unspecified atom stereocenters. The van der Waals surface area contributed by atoms with Crippen molar-refractivity contribution in [3.63, 3.8) is 0 Å². The Balaban J connectivity index is 3.50. The van der Waals surface area contributed by atoms with Crippen LogP contribution in [0.5, 0.6) is 0 Å². The molecule has 2 nitrogen and oxygen atoms in total. The Morgan fingerprint density at radius 3 is 2.69 bits per heavy atom. The molecule has 5 heteroatoms. The summed E-state index contributed by atoms with van der Waals surface area (Å²) in [7, 11) is -0.811. The third kappa shape index (κ3) is 2.24. The number of benzene rings is 1. The Labute approximate surface area is 91.6 Å². The van der Waals surface area contributed by atoms with Crippen LogP contribution in [0.2, 0.25) is 5.02 Å². The van der Waals surface area contributed by atoms with E-state index >= 15 is 0 Å². The highest BCUT2D eigenvalue weighted by atomic mass is 79.9. The molecule has 0 spiro atoms. The van der Waals surface area contributed by atoms with Gasteiger partial charge < -0.3 is 0 Å². The molecule has 0 aliphatic rings. The van der Waals surface area contributed by atoms with Gasteiger partial charge in [-0.15, -0.1) is 0 Å². The van der Waals surface area contributed by atoms with E-state index in [-0.39, 0.29) is 0 Å². The number of hydrogen-bond donors (Lipinski definition) is 0. The van der Waals surface area contributed by atoms with Crippen molar-refractivity contribution in [1.29, 1.82) is 0 Å². The standard InChI is InChI=1S/C8H9BrClNOS/c1-11-13(2,12)7-5-3-4-6(9)8(7)10/h3-5H,1-2H3. The second-order valence-corrected chi connectivity index (χ2v) is 6.18. The van der Waals surface area contributed by atoms with Gasteiger partial charge in [0, 0.05) is 17.8 Å². The third-order valence-corrected chi connectivity index (χ3v) is 4.93. The van der Waals surface area contributed by atoms with Crippen LogP contribution in [0.3, 0.4) is 0 Å². The summed E-state index contributed by atoms with van der Waals surface area (Å²) in [5.74, 6) is 0. The lowest BCUT2D eigenvalue weighted by atomic mass is 10.4. The Bertz CT molecular complexity index is 438. The molecule has 0 saturated heterocycles. The first-order valence-corrected chi connectivity index (χ1v) is 6.62. The molecular weight excluding hydrogens is 274 g/mol. The van der Waals surface area contributed by atoms with E-state index in [2.05, 4.69) is 20.3 Å². The molecular formula is C8H9BrClNOS. The Morgan fingerprint density at radius 1 is 1.54 bits per heavy atom. The van der Waals surface area contributed by atoms with Crippen molar-refractivity contribution in [2.75, 3.05) is 13.3 Å². The normalized spacial score (nSPS) is 15.1. The second kappa shape index (κ2) is 3.98. The average molecular weight is 283 g/mol. The molecule has 72 valence electrons. The Kier molecular flexibility index (Phi) is 3.38. The van der Waals surface area contributed by atoms with E-state index in [4.69, 9.17) is 11.6 Å². The zero-order valence-electron chi connectivity index (χ0n) is 7.25. The fraction of sp³-hybridized carbons (Fsp3) is 0.250. The van der Waals surface area contributed by atoms with Gasteiger partial charge in [0.15, 0.2) is 0 Å². The van der Waals surface area contributed by atoms with Crippen molar-refractivity contribution >= 4 is 37.3 Å². The van der Waals surface area contributed by atoms with Crippen LogP contribution in [-0.4, -0.2) is 17.5 Å². The third-order valence-electron chi connectivity index (χ3n) is 1.67. The lowest BCUT2D eigenvalue weighted by Gasteiger charge is -2.06. The quantitative estimate of drug-likeness (QED) is 0.778. The van der Waals surface area contributed by atoms with Gasteiger partial charge in [-0.05, 0) is 28.1 Å². The monoisotopic (exact) mass is 281 g/mol. The second-order valence-electron chi connectivity index (χ2n) is 2.54. The summed E-state index contributed by atoms with van der Waals surface area (Å²) >= 11 is 9.24. The summed E-state index contributed by atoms with van der Waals surface area (Å²) in [5, 5.41) is 0.473. The van der Waals surface area contributed by atoms with E-state index in [1.54, 1.807) is 24.5 Å². The molecule has 0 fully saturated rings. The average Bonchev–Trinajstić information content (AvgIpc) is 2.09. The van der Waals surface area contributed by atoms with Gasteiger partial charge in [0.2, 0.25) is 0 Å². The zero-order chi connectivity index (χ0) is 10.1. The smallest absolute Gasteiger partial charge is 0.0735 e. The summed E-state index contributed by atoms with van der Waals surface area (Å²) < 4.78 is 16.4. The molecule has 0 aliphatic carbocycles. The van der Waals surface area contributed by atoms with Gasteiger partial charge in [-0.3, -0.25) is 0 Å². The van der Waals surface area contributed by atoms with Crippen molar-refractivity contribution in [2.45, 2.75) is 4.90 Å². The summed E-state index contributed by atoms with van der Waals surface area (Å²) in [6, 6.07) is 5.32. The fourth-order valence-electron chi connectivity index (χ4n) is 0.875. The van der Waals surface area contributed by atoms with E-state index in [0.29, 0.717) is 9.92 Å². The largest absolute Gasteiger partial charge is 0.245 e. The lowest BCUT2D eigenvalue weighted by molar-refractivity contribution is 0.680. The number of rotatable bonds is 1. The van der Waals surface area contributed by atoms with Gasteiger partial charge in [0.25, 0.3) is 0 Å². The van der Waals surface area contributed by atoms with Crippen LogP contribution in [-0.2, 0) is 9.73 Å². The summed E-state index contributed by atoms with van der Waals surface area (Å²) in [5.41, 5.74) is 0. The molecule has 0 N–H and O–H groups in total. The zero-order valence-corrected chi connectivity index (χ0v) is 10.4. The predicted molar refractivity (Wildman–Crippen MR) is 59.8 cm³/mol. The Morgan fingerprint density at radius 2 is 2.15 bits per heavy atom. The first-order chi connectivity index (χ1) is 5.99. The van der Waals surface area contributed by atoms with Crippen LogP contribution in [0, 0.1) is 0 Å². The van der Waals surface area contributed by atoms with Crippen molar-refractivity contribution in [3.05, 3.63) is 27.7 Å². The maximum atomic E-state index is 11.9. The van der Waals surface area contributed by atoms with Gasteiger partial charge in [-0.1, -0.05) is 17.7 Å². The van der Waals surface area contributed by atoms with Gasteiger partial charge in [-0.25, -0.2) is 8.57 Å². The van der Waals surface area contributed by atoms with E-state index in [1.807, 2.05) is 0 Å². The molecule has 0 radical (unpaired) electrons. The van der Waals surface area contributed by atoms with Crippen molar-refractivity contribution in [3.8, 4) is 0 Å². The van der Waals surface area contributed by atoms with E-state index in [9.17, 15) is 4.21 Å². The molecule has 0 aromatic heterocycles. The molecule has 1 aromatic rings. The molecule has 0 aliphatic heterocycles. The van der Waals surface area contributed by atoms with Crippen molar-refractivity contribution in [1.82, 2.24) is 0 Å². The highest BCUT2D eigenvalue weighted by Gasteiger charge is 2.11. The minimum Gasteiger partial charge on any atom is -0.245 e. The van der Waals surface area contributed by atoms with E-state index in [0.717, 1.165) is 4.47 Å². The van der Waals surface area contributed by atoms with Crippen LogP contribution in [0.25, 0.3) is 0 Å². The molecule has 1 rings (SSSR count). The molecule has 13 heavy (non-hydrogen) atoms. The van der Waals surface area contributed by atoms with E-state index < -0.39 is 9.73 Å². The number of nitrogens with zero attached hydrogens (tertiary/aromatic N) is 1. The topological polar surface area (TPSA) is 29.4 Å².